The third-order valence-corrected chi connectivity index (χ3v) is 6.89. The first-order chi connectivity index (χ1) is 13.2. The van der Waals surface area contributed by atoms with Gasteiger partial charge in [0.05, 0.1) is 12.2 Å². The third kappa shape index (κ3) is 5.82. The van der Waals surface area contributed by atoms with E-state index < -0.39 is 0 Å². The summed E-state index contributed by atoms with van der Waals surface area (Å²) >= 11 is 1.93. The number of aromatic hydroxyl groups is 1. The number of hydrogen-bond acceptors (Lipinski definition) is 5. The number of guanidine groups is 1. The van der Waals surface area contributed by atoms with Gasteiger partial charge >= 0.3 is 0 Å². The Balaban J connectivity index is 0.00000280. The number of piperazine rings is 1. The predicted octanol–water partition coefficient (Wildman–Crippen LogP) is 3.01. The molecule has 0 amide bonds. The summed E-state index contributed by atoms with van der Waals surface area (Å²) < 4.78 is 5.75. The summed E-state index contributed by atoms with van der Waals surface area (Å²) in [6.07, 6.45) is 4.33. The predicted molar refractivity (Wildman–Crippen MR) is 130 cm³/mol. The van der Waals surface area contributed by atoms with E-state index in [0.29, 0.717) is 5.75 Å². The minimum atomic E-state index is 0. The van der Waals surface area contributed by atoms with E-state index >= 15 is 0 Å². The standard InChI is InChI=1S/C20H32N4O2S.HI/c1-3-21-19(22-16-20(27-2)8-14-26-15-9-20)24-12-10-23(11-13-24)17-6-4-5-7-18(17)25;/h4-7,25H,3,8-16H2,1-2H3,(H,21,22);1H. The van der Waals surface area contributed by atoms with Gasteiger partial charge in [-0.05, 0) is 38.2 Å². The summed E-state index contributed by atoms with van der Waals surface area (Å²) in [5, 5.41) is 13.6. The van der Waals surface area contributed by atoms with Crippen LogP contribution >= 0.6 is 35.7 Å². The molecule has 0 spiro atoms. The highest BCUT2D eigenvalue weighted by Crippen LogP contribution is 2.34. The lowest BCUT2D eigenvalue weighted by Gasteiger charge is -2.39. The SMILES string of the molecule is CCNC(=NCC1(SC)CCOCC1)N1CCN(c2ccccc2O)CC1.I. The van der Waals surface area contributed by atoms with E-state index in [0.717, 1.165) is 77.0 Å². The average molecular weight is 520 g/mol. The van der Waals surface area contributed by atoms with Crippen molar-refractivity contribution >= 4 is 47.4 Å². The molecule has 6 nitrogen and oxygen atoms in total. The maximum atomic E-state index is 10.1. The monoisotopic (exact) mass is 520 g/mol. The topological polar surface area (TPSA) is 60.3 Å². The van der Waals surface area contributed by atoms with Crippen molar-refractivity contribution in [2.75, 3.05) is 63.6 Å². The fraction of sp³-hybridized carbons (Fsp3) is 0.650. The zero-order chi connectivity index (χ0) is 19.1. The van der Waals surface area contributed by atoms with E-state index in [1.54, 1.807) is 6.07 Å². The van der Waals surface area contributed by atoms with Gasteiger partial charge in [0.1, 0.15) is 5.75 Å². The molecule has 2 aliphatic heterocycles. The van der Waals surface area contributed by atoms with E-state index in [4.69, 9.17) is 9.73 Å². The van der Waals surface area contributed by atoms with Crippen LogP contribution in [0.15, 0.2) is 29.3 Å². The summed E-state index contributed by atoms with van der Waals surface area (Å²) in [6.45, 7) is 9.05. The van der Waals surface area contributed by atoms with Crippen molar-refractivity contribution < 1.29 is 9.84 Å². The van der Waals surface area contributed by atoms with E-state index in [1.165, 1.54) is 0 Å². The van der Waals surface area contributed by atoms with Crippen molar-refractivity contribution in [3.05, 3.63) is 24.3 Å². The number of hydrogen-bond donors (Lipinski definition) is 2. The van der Waals surface area contributed by atoms with Crippen LogP contribution in [0.3, 0.4) is 0 Å². The van der Waals surface area contributed by atoms with Gasteiger partial charge in [0.15, 0.2) is 5.96 Å². The van der Waals surface area contributed by atoms with Crippen LogP contribution in [0.5, 0.6) is 5.75 Å². The molecule has 2 fully saturated rings. The average Bonchev–Trinajstić information content (AvgIpc) is 2.72. The van der Waals surface area contributed by atoms with E-state index in [2.05, 4.69) is 28.3 Å². The van der Waals surface area contributed by atoms with Crippen molar-refractivity contribution in [1.82, 2.24) is 10.2 Å². The Kier molecular flexibility index (Phi) is 9.49. The number of rotatable bonds is 5. The zero-order valence-corrected chi connectivity index (χ0v) is 20.0. The second kappa shape index (κ2) is 11.3. The fourth-order valence-electron chi connectivity index (χ4n) is 3.71. The van der Waals surface area contributed by atoms with Crippen molar-refractivity contribution in [2.24, 2.45) is 4.99 Å². The van der Waals surface area contributed by atoms with Crippen molar-refractivity contribution in [3.63, 3.8) is 0 Å². The molecule has 0 unspecified atom stereocenters. The number of benzene rings is 1. The molecule has 0 radical (unpaired) electrons. The molecule has 3 rings (SSSR count). The molecule has 28 heavy (non-hydrogen) atoms. The largest absolute Gasteiger partial charge is 0.506 e. The van der Waals surface area contributed by atoms with Crippen LogP contribution in [0.25, 0.3) is 0 Å². The van der Waals surface area contributed by atoms with Crippen LogP contribution in [0, 0.1) is 0 Å². The second-order valence-corrected chi connectivity index (χ2v) is 8.41. The lowest BCUT2D eigenvalue weighted by molar-refractivity contribution is 0.0793. The Hall–Kier alpha value is -0.870. The molecule has 2 heterocycles. The van der Waals surface area contributed by atoms with Gasteiger partial charge in [0, 0.05) is 50.7 Å². The Morgan fingerprint density at radius 3 is 2.50 bits per heavy atom. The number of phenolic OH excluding ortho intramolecular Hbond substituents is 1. The molecular weight excluding hydrogens is 487 g/mol. The van der Waals surface area contributed by atoms with E-state index in [9.17, 15) is 5.11 Å². The maximum Gasteiger partial charge on any atom is 0.194 e. The van der Waals surface area contributed by atoms with Gasteiger partial charge in [-0.2, -0.15) is 11.8 Å². The van der Waals surface area contributed by atoms with Crippen LogP contribution in [0.1, 0.15) is 19.8 Å². The van der Waals surface area contributed by atoms with Gasteiger partial charge in [-0.1, -0.05) is 12.1 Å². The van der Waals surface area contributed by atoms with Crippen LogP contribution in [-0.2, 0) is 4.74 Å². The van der Waals surface area contributed by atoms with Crippen molar-refractivity contribution in [2.45, 2.75) is 24.5 Å². The number of thioether (sulfide) groups is 1. The second-order valence-electron chi connectivity index (χ2n) is 7.13. The molecule has 0 aromatic heterocycles. The van der Waals surface area contributed by atoms with Crippen molar-refractivity contribution in [3.8, 4) is 5.75 Å². The van der Waals surface area contributed by atoms with Crippen LogP contribution in [-0.4, -0.2) is 79.5 Å². The molecule has 158 valence electrons. The van der Waals surface area contributed by atoms with Gasteiger partial charge in [0.2, 0.25) is 0 Å². The van der Waals surface area contributed by atoms with Crippen LogP contribution in [0.4, 0.5) is 5.69 Å². The molecule has 0 bridgehead atoms. The molecule has 1 aromatic rings. The summed E-state index contributed by atoms with van der Waals surface area (Å²) in [7, 11) is 0. The number of anilines is 1. The quantitative estimate of drug-likeness (QED) is 0.354. The Labute approximate surface area is 190 Å². The number of nitrogens with one attached hydrogen (secondary N) is 1. The lowest BCUT2D eigenvalue weighted by atomic mass is 9.99. The molecule has 2 saturated heterocycles. The van der Waals surface area contributed by atoms with Crippen molar-refractivity contribution in [1.29, 1.82) is 0 Å². The highest BCUT2D eigenvalue weighted by molar-refractivity contribution is 14.0. The van der Waals surface area contributed by atoms with Gasteiger partial charge in [-0.25, -0.2) is 0 Å². The minimum Gasteiger partial charge on any atom is -0.506 e. The Bertz CT molecular complexity index is 632. The van der Waals surface area contributed by atoms with Crippen LogP contribution in [0.2, 0.25) is 0 Å². The lowest BCUT2D eigenvalue weighted by Crippen LogP contribution is -2.53. The highest BCUT2D eigenvalue weighted by Gasteiger charge is 2.32. The summed E-state index contributed by atoms with van der Waals surface area (Å²) in [6, 6.07) is 7.58. The third-order valence-electron chi connectivity index (χ3n) is 5.49. The van der Waals surface area contributed by atoms with Crippen LogP contribution < -0.4 is 10.2 Å². The zero-order valence-electron chi connectivity index (χ0n) is 16.9. The summed E-state index contributed by atoms with van der Waals surface area (Å²) in [4.78, 5) is 9.59. The van der Waals surface area contributed by atoms with Gasteiger partial charge in [-0.15, -0.1) is 24.0 Å². The first-order valence-corrected chi connectivity index (χ1v) is 11.1. The van der Waals surface area contributed by atoms with Gasteiger partial charge in [0.25, 0.3) is 0 Å². The number of nitrogens with zero attached hydrogens (tertiary/aromatic N) is 3. The number of ether oxygens (including phenoxy) is 1. The van der Waals surface area contributed by atoms with E-state index in [1.807, 2.05) is 30.0 Å². The molecule has 0 aliphatic carbocycles. The van der Waals surface area contributed by atoms with Gasteiger partial charge < -0.3 is 25.0 Å². The first-order valence-electron chi connectivity index (χ1n) is 9.86. The summed E-state index contributed by atoms with van der Waals surface area (Å²) in [5.74, 6) is 1.36. The molecule has 2 aliphatic rings. The fourth-order valence-corrected chi connectivity index (χ4v) is 4.47. The van der Waals surface area contributed by atoms with Gasteiger partial charge in [-0.3, -0.25) is 4.99 Å². The summed E-state index contributed by atoms with van der Waals surface area (Å²) in [5.41, 5.74) is 0.919. The molecule has 0 atom stereocenters. The first kappa shape index (κ1) is 23.4. The molecule has 8 heteroatoms. The Morgan fingerprint density at radius 1 is 1.21 bits per heavy atom. The smallest absolute Gasteiger partial charge is 0.194 e. The molecule has 1 aromatic carbocycles. The Morgan fingerprint density at radius 2 is 1.89 bits per heavy atom. The minimum absolute atomic E-state index is 0. The number of phenols is 1. The highest BCUT2D eigenvalue weighted by atomic mass is 127. The molecular formula is C20H33IN4O2S. The number of para-hydroxylation sites is 2. The number of aliphatic imine (C=N–C) groups is 1. The normalized spacial score (nSPS) is 19.9. The number of halogens is 1. The maximum absolute atomic E-state index is 10.1. The molecule has 0 saturated carbocycles. The van der Waals surface area contributed by atoms with E-state index in [-0.39, 0.29) is 28.7 Å². The molecule has 2 N–H and O–H groups in total.